The van der Waals surface area contributed by atoms with E-state index < -0.39 is 5.97 Å². The molecule has 0 spiro atoms. The Kier molecular flexibility index (Phi) is 9.73. The summed E-state index contributed by atoms with van der Waals surface area (Å²) in [6.07, 6.45) is 8.68. The summed E-state index contributed by atoms with van der Waals surface area (Å²) in [6, 6.07) is 13.5. The van der Waals surface area contributed by atoms with Gasteiger partial charge >= 0.3 is 5.97 Å². The summed E-state index contributed by atoms with van der Waals surface area (Å²) in [6.45, 7) is 10.5. The van der Waals surface area contributed by atoms with E-state index in [-0.39, 0.29) is 11.5 Å². The van der Waals surface area contributed by atoms with Crippen LogP contribution in [0.1, 0.15) is 87.2 Å². The monoisotopic (exact) mass is 466 g/mol. The summed E-state index contributed by atoms with van der Waals surface area (Å²) >= 11 is 0. The van der Waals surface area contributed by atoms with Crippen LogP contribution < -0.4 is 0 Å². The van der Waals surface area contributed by atoms with Crippen molar-refractivity contribution in [2.24, 2.45) is 11.3 Å². The molecule has 0 radical (unpaired) electrons. The van der Waals surface area contributed by atoms with Crippen molar-refractivity contribution in [1.29, 1.82) is 0 Å². The van der Waals surface area contributed by atoms with Crippen LogP contribution in [-0.2, 0) is 16.1 Å². The summed E-state index contributed by atoms with van der Waals surface area (Å²) in [5.74, 6) is -0.199. The molecule has 0 amide bonds. The number of ether oxygens (including phenoxy) is 2. The third-order valence-corrected chi connectivity index (χ3v) is 6.86. The molecule has 0 aliphatic heterocycles. The molecule has 2 aromatic carbocycles. The van der Waals surface area contributed by atoms with Gasteiger partial charge in [0.1, 0.15) is 0 Å². The second-order valence-electron chi connectivity index (χ2n) is 11.1. The molecular weight excluding hydrogens is 424 g/mol. The number of carboxylic acids is 1. The van der Waals surface area contributed by atoms with Gasteiger partial charge in [-0.25, -0.2) is 4.79 Å². The van der Waals surface area contributed by atoms with Crippen molar-refractivity contribution in [2.45, 2.75) is 85.4 Å². The average Bonchev–Trinajstić information content (AvgIpc) is 2.80. The molecule has 0 bridgehead atoms. The Morgan fingerprint density at radius 1 is 1.06 bits per heavy atom. The van der Waals surface area contributed by atoms with Crippen molar-refractivity contribution in [2.75, 3.05) is 13.2 Å². The Bertz CT molecular complexity index is 922. The third-order valence-electron chi connectivity index (χ3n) is 6.86. The molecule has 4 nitrogen and oxygen atoms in total. The molecule has 0 heterocycles. The van der Waals surface area contributed by atoms with Crippen LogP contribution in [-0.4, -0.2) is 30.4 Å². The summed E-state index contributed by atoms with van der Waals surface area (Å²) in [4.78, 5) is 11.9. The van der Waals surface area contributed by atoms with Crippen LogP contribution in [0.2, 0.25) is 0 Å². The van der Waals surface area contributed by atoms with Gasteiger partial charge in [0.25, 0.3) is 0 Å². The Labute approximate surface area is 205 Å². The normalized spacial score (nSPS) is 15.9. The highest BCUT2D eigenvalue weighted by Crippen LogP contribution is 2.30. The van der Waals surface area contributed by atoms with Gasteiger partial charge in [0, 0.05) is 6.61 Å². The van der Waals surface area contributed by atoms with Crippen LogP contribution in [0.5, 0.6) is 0 Å². The van der Waals surface area contributed by atoms with Crippen LogP contribution in [0, 0.1) is 18.3 Å². The van der Waals surface area contributed by atoms with Crippen molar-refractivity contribution in [1.82, 2.24) is 0 Å². The van der Waals surface area contributed by atoms with Crippen molar-refractivity contribution in [3.63, 3.8) is 0 Å². The van der Waals surface area contributed by atoms with Gasteiger partial charge < -0.3 is 14.6 Å². The van der Waals surface area contributed by atoms with Crippen molar-refractivity contribution < 1.29 is 19.4 Å². The van der Waals surface area contributed by atoms with E-state index in [0.29, 0.717) is 24.7 Å². The SMILES string of the molecule is Cc1ccccc1-c1cc(CO[C@H](COCCC(C)(C)C)CC2CCCCC2)ccc1C(=O)O. The summed E-state index contributed by atoms with van der Waals surface area (Å²) < 4.78 is 12.5. The molecule has 1 fully saturated rings. The average molecular weight is 467 g/mol. The third kappa shape index (κ3) is 8.25. The number of benzene rings is 2. The lowest BCUT2D eigenvalue weighted by atomic mass is 9.85. The molecule has 1 atom stereocenters. The zero-order chi connectivity index (χ0) is 24.6. The first-order valence-corrected chi connectivity index (χ1v) is 12.8. The first kappa shape index (κ1) is 26.4. The summed E-state index contributed by atoms with van der Waals surface area (Å²) in [5.41, 5.74) is 4.33. The van der Waals surface area contributed by atoms with Crippen molar-refractivity contribution in [3.8, 4) is 11.1 Å². The van der Waals surface area contributed by atoms with E-state index in [1.807, 2.05) is 43.3 Å². The largest absolute Gasteiger partial charge is 0.478 e. The standard InChI is InChI=1S/C30H42O4/c1-22-10-8-9-13-26(22)28-19-24(14-15-27(28)29(31)32)20-34-25(18-23-11-6-5-7-12-23)21-33-17-16-30(2,3)4/h8-10,13-15,19,23,25H,5-7,11-12,16-18,20-21H2,1-4H3,(H,31,32)/t25-/m0/s1. The molecular formula is C30H42O4. The van der Waals surface area contributed by atoms with Crippen LogP contribution in [0.25, 0.3) is 11.1 Å². The Balaban J connectivity index is 1.70. The van der Waals surface area contributed by atoms with E-state index in [1.54, 1.807) is 6.07 Å². The number of hydrogen-bond acceptors (Lipinski definition) is 3. The van der Waals surface area contributed by atoms with E-state index in [9.17, 15) is 9.90 Å². The maximum atomic E-state index is 11.9. The van der Waals surface area contributed by atoms with Crippen molar-refractivity contribution in [3.05, 3.63) is 59.2 Å². The number of aryl methyl sites for hydroxylation is 1. The number of aromatic carboxylic acids is 1. The lowest BCUT2D eigenvalue weighted by Crippen LogP contribution is -2.25. The maximum absolute atomic E-state index is 11.9. The van der Waals surface area contributed by atoms with Gasteiger partial charge in [0.2, 0.25) is 0 Å². The van der Waals surface area contributed by atoms with Crippen LogP contribution in [0.4, 0.5) is 0 Å². The Hall–Kier alpha value is -2.17. The summed E-state index contributed by atoms with van der Waals surface area (Å²) in [7, 11) is 0. The van der Waals surface area contributed by atoms with Gasteiger partial charge in [-0.3, -0.25) is 0 Å². The quantitative estimate of drug-likeness (QED) is 0.345. The molecule has 2 aromatic rings. The smallest absolute Gasteiger partial charge is 0.336 e. The molecule has 3 rings (SSSR count). The molecule has 1 saturated carbocycles. The van der Waals surface area contributed by atoms with Crippen LogP contribution >= 0.6 is 0 Å². The Morgan fingerprint density at radius 2 is 1.79 bits per heavy atom. The van der Waals surface area contributed by atoms with Gasteiger partial charge in [-0.05, 0) is 65.5 Å². The lowest BCUT2D eigenvalue weighted by molar-refractivity contribution is -0.0416. The zero-order valence-corrected chi connectivity index (χ0v) is 21.4. The van der Waals surface area contributed by atoms with Gasteiger partial charge in [-0.1, -0.05) is 83.2 Å². The molecule has 4 heteroatoms. The fourth-order valence-electron chi connectivity index (χ4n) is 4.75. The van der Waals surface area contributed by atoms with Gasteiger partial charge in [0.05, 0.1) is 24.9 Å². The van der Waals surface area contributed by atoms with Gasteiger partial charge in [-0.15, -0.1) is 0 Å². The molecule has 0 saturated heterocycles. The van der Waals surface area contributed by atoms with E-state index >= 15 is 0 Å². The number of hydrogen-bond donors (Lipinski definition) is 1. The molecule has 186 valence electrons. The lowest BCUT2D eigenvalue weighted by Gasteiger charge is -2.27. The fourth-order valence-corrected chi connectivity index (χ4v) is 4.75. The van der Waals surface area contributed by atoms with E-state index in [4.69, 9.17) is 9.47 Å². The van der Waals surface area contributed by atoms with E-state index in [1.165, 1.54) is 32.1 Å². The highest BCUT2D eigenvalue weighted by Gasteiger charge is 2.21. The molecule has 1 N–H and O–H groups in total. The predicted octanol–water partition coefficient (Wildman–Crippen LogP) is 7.67. The first-order chi connectivity index (χ1) is 16.2. The van der Waals surface area contributed by atoms with Crippen LogP contribution in [0.3, 0.4) is 0 Å². The predicted molar refractivity (Wildman–Crippen MR) is 138 cm³/mol. The molecule has 1 aliphatic carbocycles. The topological polar surface area (TPSA) is 55.8 Å². The first-order valence-electron chi connectivity index (χ1n) is 12.8. The molecule has 34 heavy (non-hydrogen) atoms. The van der Waals surface area contributed by atoms with Crippen molar-refractivity contribution >= 4 is 5.97 Å². The molecule has 0 unspecified atom stereocenters. The van der Waals surface area contributed by atoms with E-state index in [2.05, 4.69) is 20.8 Å². The van der Waals surface area contributed by atoms with E-state index in [0.717, 1.165) is 41.7 Å². The maximum Gasteiger partial charge on any atom is 0.336 e. The molecule has 0 aromatic heterocycles. The number of carbonyl (C=O) groups is 1. The van der Waals surface area contributed by atoms with Gasteiger partial charge in [0.15, 0.2) is 0 Å². The van der Waals surface area contributed by atoms with Gasteiger partial charge in [-0.2, -0.15) is 0 Å². The van der Waals surface area contributed by atoms with Crippen LogP contribution in [0.15, 0.2) is 42.5 Å². The number of rotatable bonds is 11. The summed E-state index contributed by atoms with van der Waals surface area (Å²) in [5, 5.41) is 9.74. The number of carboxylic acid groups (broad SMARTS) is 1. The highest BCUT2D eigenvalue weighted by atomic mass is 16.5. The Morgan fingerprint density at radius 3 is 2.47 bits per heavy atom. The fraction of sp³-hybridized carbons (Fsp3) is 0.567. The molecule has 1 aliphatic rings. The minimum atomic E-state index is -0.909. The zero-order valence-electron chi connectivity index (χ0n) is 21.4. The second-order valence-corrected chi connectivity index (χ2v) is 11.1. The highest BCUT2D eigenvalue weighted by molar-refractivity contribution is 5.96. The minimum Gasteiger partial charge on any atom is -0.478 e. The minimum absolute atomic E-state index is 0.0594. The second kappa shape index (κ2) is 12.5.